The fourth-order valence-corrected chi connectivity index (χ4v) is 5.05. The number of amides is 1. The van der Waals surface area contributed by atoms with Gasteiger partial charge in [0.25, 0.3) is 0 Å². The largest absolute Gasteiger partial charge is 0.384 e. The highest BCUT2D eigenvalue weighted by molar-refractivity contribution is 6.01. The first-order valence-corrected chi connectivity index (χ1v) is 14.5. The van der Waals surface area contributed by atoms with Crippen molar-refractivity contribution in [2.75, 3.05) is 37.8 Å². The first-order chi connectivity index (χ1) is 21.0. The van der Waals surface area contributed by atoms with Crippen LogP contribution >= 0.6 is 0 Å². The Kier molecular flexibility index (Phi) is 7.60. The molecule has 1 amide bonds. The molecule has 2 aromatic carbocycles. The number of aromatic amines is 2. The summed E-state index contributed by atoms with van der Waals surface area (Å²) in [6.07, 6.45) is 5.14. The molecule has 0 bridgehead atoms. The number of benzene rings is 2. The van der Waals surface area contributed by atoms with Crippen molar-refractivity contribution >= 4 is 39.1 Å². The fraction of sp³-hybridized carbons (Fsp3) is 0.235. The Morgan fingerprint density at radius 1 is 0.886 bits per heavy atom. The maximum atomic E-state index is 14.7. The van der Waals surface area contributed by atoms with E-state index in [1.165, 1.54) is 12.1 Å². The lowest BCUT2D eigenvalue weighted by Crippen LogP contribution is -2.27. The topological polar surface area (TPSA) is 115 Å². The normalized spacial score (nSPS) is 11.9. The SMILES string of the molecule is CN(C)CCNc1cc(F)cc(-c2nccc3[nH]c(-c4n[nH]c5ccc(-c6cncc(NC(=O)C(C)(C)C)c6)cc45)cc23)c1. The smallest absolute Gasteiger partial charge is 0.229 e. The number of nitrogens with zero attached hydrogens (tertiary/aromatic N) is 4. The van der Waals surface area contributed by atoms with Crippen LogP contribution in [0.4, 0.5) is 15.8 Å². The molecule has 10 heteroatoms. The number of hydrogen-bond donors (Lipinski definition) is 4. The zero-order valence-electron chi connectivity index (χ0n) is 25.4. The zero-order valence-corrected chi connectivity index (χ0v) is 25.4. The van der Waals surface area contributed by atoms with Gasteiger partial charge in [0, 0.05) is 64.0 Å². The highest BCUT2D eigenvalue weighted by Gasteiger charge is 2.21. The number of pyridine rings is 2. The average Bonchev–Trinajstić information content (AvgIpc) is 3.60. The molecule has 0 unspecified atom stereocenters. The number of hydrogen-bond acceptors (Lipinski definition) is 6. The van der Waals surface area contributed by atoms with E-state index in [2.05, 4.69) is 46.7 Å². The van der Waals surface area contributed by atoms with Crippen LogP contribution in [0, 0.1) is 11.2 Å². The van der Waals surface area contributed by atoms with Crippen molar-refractivity contribution in [2.24, 2.45) is 5.41 Å². The van der Waals surface area contributed by atoms with E-state index < -0.39 is 5.41 Å². The van der Waals surface area contributed by atoms with Gasteiger partial charge in [-0.1, -0.05) is 26.8 Å². The van der Waals surface area contributed by atoms with E-state index >= 15 is 0 Å². The fourth-order valence-electron chi connectivity index (χ4n) is 5.05. The molecule has 44 heavy (non-hydrogen) atoms. The van der Waals surface area contributed by atoms with Gasteiger partial charge in [0.15, 0.2) is 0 Å². The third-order valence-electron chi connectivity index (χ3n) is 7.44. The number of aromatic nitrogens is 5. The molecule has 6 aromatic rings. The van der Waals surface area contributed by atoms with E-state index in [0.717, 1.165) is 50.9 Å². The molecule has 0 radical (unpaired) electrons. The minimum Gasteiger partial charge on any atom is -0.384 e. The Bertz CT molecular complexity index is 1990. The average molecular weight is 591 g/mol. The summed E-state index contributed by atoms with van der Waals surface area (Å²) in [5.41, 5.74) is 7.31. The number of likely N-dealkylation sites (N-methyl/N-ethyl adjacent to an activating group) is 1. The zero-order chi connectivity index (χ0) is 31.0. The van der Waals surface area contributed by atoms with Crippen LogP contribution in [0.2, 0.25) is 0 Å². The number of anilines is 2. The summed E-state index contributed by atoms with van der Waals surface area (Å²) in [5.74, 6) is -0.404. The van der Waals surface area contributed by atoms with E-state index in [-0.39, 0.29) is 11.7 Å². The van der Waals surface area contributed by atoms with Gasteiger partial charge in [0.1, 0.15) is 11.5 Å². The number of carbonyl (C=O) groups excluding carboxylic acids is 1. The molecule has 224 valence electrons. The van der Waals surface area contributed by atoms with E-state index in [0.29, 0.717) is 29.2 Å². The van der Waals surface area contributed by atoms with Gasteiger partial charge in [-0.05, 0) is 68.2 Å². The third-order valence-corrected chi connectivity index (χ3v) is 7.44. The molecule has 0 fully saturated rings. The van der Waals surface area contributed by atoms with Crippen LogP contribution in [0.1, 0.15) is 20.8 Å². The number of halogens is 1. The van der Waals surface area contributed by atoms with Crippen molar-refractivity contribution in [3.63, 3.8) is 0 Å². The maximum Gasteiger partial charge on any atom is 0.229 e. The van der Waals surface area contributed by atoms with Crippen LogP contribution in [-0.4, -0.2) is 63.1 Å². The number of H-pyrrole nitrogens is 2. The summed E-state index contributed by atoms with van der Waals surface area (Å²) < 4.78 is 14.7. The molecule has 4 N–H and O–H groups in total. The molecule has 0 atom stereocenters. The lowest BCUT2D eigenvalue weighted by Gasteiger charge is -2.17. The second-order valence-corrected chi connectivity index (χ2v) is 12.3. The second-order valence-electron chi connectivity index (χ2n) is 12.3. The van der Waals surface area contributed by atoms with E-state index in [9.17, 15) is 9.18 Å². The van der Waals surface area contributed by atoms with Gasteiger partial charge < -0.3 is 20.5 Å². The standard InChI is InChI=1S/C34H35FN8O/c1-34(2,3)33(44)39-25-14-22(18-36-19-25)20-6-7-29-26(15-20)32(42-41-29)30-17-27-28(40-30)8-9-38-31(27)21-12-23(35)16-24(13-21)37-10-11-43(4)5/h6-9,12-19,37,40H,10-11H2,1-5H3,(H,39,44)(H,41,42). The first-order valence-electron chi connectivity index (χ1n) is 14.5. The highest BCUT2D eigenvalue weighted by atomic mass is 19.1. The minimum absolute atomic E-state index is 0.0771. The van der Waals surface area contributed by atoms with Crippen LogP contribution < -0.4 is 10.6 Å². The van der Waals surface area contributed by atoms with Crippen LogP contribution in [0.3, 0.4) is 0 Å². The second kappa shape index (κ2) is 11.5. The van der Waals surface area contributed by atoms with Crippen LogP contribution in [0.25, 0.3) is 55.6 Å². The molecule has 9 nitrogen and oxygen atoms in total. The summed E-state index contributed by atoms with van der Waals surface area (Å²) in [7, 11) is 4.00. The molecule has 0 spiro atoms. The first kappa shape index (κ1) is 29.0. The number of carbonyl (C=O) groups is 1. The maximum absolute atomic E-state index is 14.7. The van der Waals surface area contributed by atoms with Crippen LogP contribution in [0.15, 0.2) is 73.2 Å². The summed E-state index contributed by atoms with van der Waals surface area (Å²) in [5, 5.41) is 15.8. The molecule has 0 aliphatic carbocycles. The van der Waals surface area contributed by atoms with Crippen molar-refractivity contribution < 1.29 is 9.18 Å². The molecule has 4 aromatic heterocycles. The molecular formula is C34H35FN8O. The van der Waals surface area contributed by atoms with E-state index in [1.54, 1.807) is 18.6 Å². The van der Waals surface area contributed by atoms with E-state index in [4.69, 9.17) is 0 Å². The van der Waals surface area contributed by atoms with Gasteiger partial charge >= 0.3 is 0 Å². The van der Waals surface area contributed by atoms with Gasteiger partial charge in [-0.25, -0.2) is 4.39 Å². The Labute approximate surface area is 254 Å². The van der Waals surface area contributed by atoms with Crippen molar-refractivity contribution in [3.05, 3.63) is 79.0 Å². The summed E-state index contributed by atoms with van der Waals surface area (Å²) in [6, 6.07) is 16.8. The van der Waals surface area contributed by atoms with Gasteiger partial charge in [-0.2, -0.15) is 5.10 Å². The highest BCUT2D eigenvalue weighted by Crippen LogP contribution is 2.35. The molecule has 6 rings (SSSR count). The molecule has 0 saturated heterocycles. The predicted octanol–water partition coefficient (Wildman–Crippen LogP) is 6.93. The number of nitrogens with one attached hydrogen (secondary N) is 4. The molecule has 0 aliphatic rings. The lowest BCUT2D eigenvalue weighted by atomic mass is 9.95. The molecule has 4 heterocycles. The van der Waals surface area contributed by atoms with Gasteiger partial charge in [-0.3, -0.25) is 19.9 Å². The quantitative estimate of drug-likeness (QED) is 0.153. The molecule has 0 saturated carbocycles. The predicted molar refractivity (Wildman–Crippen MR) is 175 cm³/mol. The number of fused-ring (bicyclic) bond motifs is 2. The summed E-state index contributed by atoms with van der Waals surface area (Å²) in [6.45, 7) is 7.14. The molecule has 0 aliphatic heterocycles. The Morgan fingerprint density at radius 2 is 1.68 bits per heavy atom. The van der Waals surface area contributed by atoms with Crippen molar-refractivity contribution in [1.29, 1.82) is 0 Å². The van der Waals surface area contributed by atoms with E-state index in [1.807, 2.05) is 71.3 Å². The van der Waals surface area contributed by atoms with Crippen LogP contribution in [-0.2, 0) is 4.79 Å². The Morgan fingerprint density at radius 3 is 2.48 bits per heavy atom. The van der Waals surface area contributed by atoms with Crippen molar-refractivity contribution in [2.45, 2.75) is 20.8 Å². The van der Waals surface area contributed by atoms with Crippen molar-refractivity contribution in [1.82, 2.24) is 30.0 Å². The summed E-state index contributed by atoms with van der Waals surface area (Å²) in [4.78, 5) is 27.1. The Balaban J connectivity index is 1.35. The van der Waals surface area contributed by atoms with Crippen molar-refractivity contribution in [3.8, 4) is 33.8 Å². The minimum atomic E-state index is -0.518. The Hall–Kier alpha value is -5.09. The summed E-state index contributed by atoms with van der Waals surface area (Å²) >= 11 is 0. The van der Waals surface area contributed by atoms with Crippen LogP contribution in [0.5, 0.6) is 0 Å². The third kappa shape index (κ3) is 6.02. The lowest BCUT2D eigenvalue weighted by molar-refractivity contribution is -0.123. The van der Waals surface area contributed by atoms with Gasteiger partial charge in [0.05, 0.1) is 28.8 Å². The van der Waals surface area contributed by atoms with Gasteiger partial charge in [0.2, 0.25) is 5.91 Å². The molecular weight excluding hydrogens is 555 g/mol. The van der Waals surface area contributed by atoms with Gasteiger partial charge in [-0.15, -0.1) is 0 Å². The number of rotatable bonds is 8. The monoisotopic (exact) mass is 590 g/mol.